The number of aryl methyl sites for hydroxylation is 1. The molecule has 0 aliphatic heterocycles. The number of fused-ring (bicyclic) bond motifs is 1. The van der Waals surface area contributed by atoms with Gasteiger partial charge in [-0.15, -0.1) is 0 Å². The van der Waals surface area contributed by atoms with Gasteiger partial charge in [-0.1, -0.05) is 57.9 Å². The molecule has 0 aliphatic carbocycles. The van der Waals surface area contributed by atoms with E-state index in [2.05, 4.69) is 64.6 Å². The standard InChI is InChI=1S/C14H16BrN/c1-11-2-4-14-9-12(6-7-16-10-15)3-5-13(14)8-11/h2-5,8-9,16H,6-7,10H2,1H3. The molecule has 16 heavy (non-hydrogen) atoms. The van der Waals surface area contributed by atoms with Crippen molar-refractivity contribution in [3.05, 3.63) is 47.5 Å². The molecule has 0 aromatic heterocycles. The van der Waals surface area contributed by atoms with Gasteiger partial charge in [-0.25, -0.2) is 0 Å². The Balaban J connectivity index is 2.20. The number of alkyl halides is 1. The zero-order valence-corrected chi connectivity index (χ0v) is 11.0. The predicted octanol–water partition coefficient (Wildman–Crippen LogP) is 3.63. The lowest BCUT2D eigenvalue weighted by molar-refractivity contribution is 0.779. The molecule has 2 rings (SSSR count). The van der Waals surface area contributed by atoms with Gasteiger partial charge in [-0.05, 0) is 36.2 Å². The summed E-state index contributed by atoms with van der Waals surface area (Å²) in [4.78, 5) is 0. The lowest BCUT2D eigenvalue weighted by Gasteiger charge is -2.05. The van der Waals surface area contributed by atoms with Crippen LogP contribution in [0.15, 0.2) is 36.4 Å². The van der Waals surface area contributed by atoms with Crippen molar-refractivity contribution in [2.75, 3.05) is 12.0 Å². The number of hydrogen-bond donors (Lipinski definition) is 1. The van der Waals surface area contributed by atoms with Crippen LogP contribution in [0.25, 0.3) is 10.8 Å². The highest BCUT2D eigenvalue weighted by molar-refractivity contribution is 9.09. The maximum absolute atomic E-state index is 3.36. The van der Waals surface area contributed by atoms with E-state index in [4.69, 9.17) is 0 Å². The van der Waals surface area contributed by atoms with Crippen LogP contribution < -0.4 is 5.32 Å². The quantitative estimate of drug-likeness (QED) is 0.511. The summed E-state index contributed by atoms with van der Waals surface area (Å²) in [6.45, 7) is 3.15. The van der Waals surface area contributed by atoms with Crippen molar-refractivity contribution < 1.29 is 0 Å². The van der Waals surface area contributed by atoms with Gasteiger partial charge in [0.2, 0.25) is 0 Å². The van der Waals surface area contributed by atoms with E-state index in [1.165, 1.54) is 21.9 Å². The number of hydrogen-bond acceptors (Lipinski definition) is 1. The summed E-state index contributed by atoms with van der Waals surface area (Å²) in [5, 5.41) is 5.94. The summed E-state index contributed by atoms with van der Waals surface area (Å²) >= 11 is 3.36. The monoisotopic (exact) mass is 277 g/mol. The first-order chi connectivity index (χ1) is 7.79. The van der Waals surface area contributed by atoms with E-state index in [-0.39, 0.29) is 0 Å². The zero-order valence-electron chi connectivity index (χ0n) is 9.46. The van der Waals surface area contributed by atoms with Crippen LogP contribution in [0.5, 0.6) is 0 Å². The van der Waals surface area contributed by atoms with E-state index >= 15 is 0 Å². The first-order valence-electron chi connectivity index (χ1n) is 5.55. The van der Waals surface area contributed by atoms with Crippen molar-refractivity contribution in [1.82, 2.24) is 5.32 Å². The molecular weight excluding hydrogens is 262 g/mol. The molecule has 1 N–H and O–H groups in total. The molecule has 2 aromatic carbocycles. The fourth-order valence-electron chi connectivity index (χ4n) is 1.87. The molecule has 0 aliphatic rings. The Bertz CT molecular complexity index is 479. The number of benzene rings is 2. The van der Waals surface area contributed by atoms with Crippen molar-refractivity contribution in [3.63, 3.8) is 0 Å². The minimum atomic E-state index is 0.861. The molecule has 2 aromatic rings. The van der Waals surface area contributed by atoms with Crippen LogP contribution >= 0.6 is 15.9 Å². The Morgan fingerprint density at radius 2 is 1.81 bits per heavy atom. The molecular formula is C14H16BrN. The SMILES string of the molecule is Cc1ccc2cc(CCNCBr)ccc2c1. The second kappa shape index (κ2) is 5.46. The first-order valence-corrected chi connectivity index (χ1v) is 6.68. The smallest absolute Gasteiger partial charge is 0.0517 e. The van der Waals surface area contributed by atoms with Crippen LogP contribution in [0.4, 0.5) is 0 Å². The first kappa shape index (κ1) is 11.6. The minimum Gasteiger partial charge on any atom is -0.307 e. The van der Waals surface area contributed by atoms with Crippen molar-refractivity contribution >= 4 is 26.7 Å². The van der Waals surface area contributed by atoms with E-state index in [0.717, 1.165) is 18.4 Å². The highest BCUT2D eigenvalue weighted by atomic mass is 79.9. The van der Waals surface area contributed by atoms with Crippen LogP contribution in [0.2, 0.25) is 0 Å². The van der Waals surface area contributed by atoms with E-state index in [0.29, 0.717) is 0 Å². The summed E-state index contributed by atoms with van der Waals surface area (Å²) in [6, 6.07) is 13.3. The normalized spacial score (nSPS) is 10.9. The van der Waals surface area contributed by atoms with Crippen molar-refractivity contribution in [2.45, 2.75) is 13.3 Å². The Hall–Kier alpha value is -0.860. The van der Waals surface area contributed by atoms with Crippen molar-refractivity contribution in [1.29, 1.82) is 0 Å². The fraction of sp³-hybridized carbons (Fsp3) is 0.286. The van der Waals surface area contributed by atoms with Gasteiger partial charge in [-0.2, -0.15) is 0 Å². The Morgan fingerprint density at radius 3 is 2.62 bits per heavy atom. The molecule has 0 radical (unpaired) electrons. The Labute approximate surface area is 105 Å². The van der Waals surface area contributed by atoms with Gasteiger partial charge in [0.15, 0.2) is 0 Å². The van der Waals surface area contributed by atoms with Gasteiger partial charge in [0.25, 0.3) is 0 Å². The summed E-state index contributed by atoms with van der Waals surface area (Å²) in [5.41, 5.74) is 3.57. The zero-order chi connectivity index (χ0) is 11.4. The number of halogens is 1. The lowest BCUT2D eigenvalue weighted by atomic mass is 10.0. The molecule has 0 heterocycles. The Kier molecular flexibility index (Phi) is 3.97. The van der Waals surface area contributed by atoms with Gasteiger partial charge in [-0.3, -0.25) is 0 Å². The topological polar surface area (TPSA) is 12.0 Å². The van der Waals surface area contributed by atoms with Gasteiger partial charge in [0.1, 0.15) is 0 Å². The van der Waals surface area contributed by atoms with Gasteiger partial charge in [0.05, 0.1) is 5.45 Å². The molecule has 0 unspecified atom stereocenters. The largest absolute Gasteiger partial charge is 0.307 e. The second-order valence-electron chi connectivity index (χ2n) is 4.07. The molecule has 0 saturated carbocycles. The van der Waals surface area contributed by atoms with Gasteiger partial charge < -0.3 is 5.32 Å². The summed E-state index contributed by atoms with van der Waals surface area (Å²) in [6.07, 6.45) is 1.08. The molecule has 2 heteroatoms. The van der Waals surface area contributed by atoms with Gasteiger partial charge in [0, 0.05) is 0 Å². The predicted molar refractivity (Wildman–Crippen MR) is 74.2 cm³/mol. The molecule has 0 bridgehead atoms. The van der Waals surface area contributed by atoms with Crippen LogP contribution in [0, 0.1) is 6.92 Å². The number of rotatable bonds is 4. The summed E-state index contributed by atoms with van der Waals surface area (Å²) < 4.78 is 0. The molecule has 0 saturated heterocycles. The molecule has 0 atom stereocenters. The molecule has 84 valence electrons. The highest BCUT2D eigenvalue weighted by Crippen LogP contribution is 2.17. The van der Waals surface area contributed by atoms with Crippen LogP contribution in [0.3, 0.4) is 0 Å². The molecule has 0 spiro atoms. The average Bonchev–Trinajstić information content (AvgIpc) is 2.29. The third kappa shape index (κ3) is 2.83. The summed E-state index contributed by atoms with van der Waals surface area (Å²) in [5.74, 6) is 0. The van der Waals surface area contributed by atoms with E-state index in [1.807, 2.05) is 0 Å². The lowest BCUT2D eigenvalue weighted by Crippen LogP contribution is -2.14. The number of nitrogens with one attached hydrogen (secondary N) is 1. The van der Waals surface area contributed by atoms with E-state index in [1.54, 1.807) is 0 Å². The third-order valence-electron chi connectivity index (χ3n) is 2.75. The fourth-order valence-corrected chi connectivity index (χ4v) is 2.15. The average molecular weight is 278 g/mol. The second-order valence-corrected chi connectivity index (χ2v) is 4.63. The highest BCUT2D eigenvalue weighted by Gasteiger charge is 1.97. The Morgan fingerprint density at radius 1 is 1.06 bits per heavy atom. The minimum absolute atomic E-state index is 0.861. The van der Waals surface area contributed by atoms with E-state index in [9.17, 15) is 0 Å². The van der Waals surface area contributed by atoms with Crippen molar-refractivity contribution in [3.8, 4) is 0 Å². The molecule has 0 fully saturated rings. The van der Waals surface area contributed by atoms with Crippen LogP contribution in [-0.2, 0) is 6.42 Å². The maximum atomic E-state index is 3.36. The van der Waals surface area contributed by atoms with Crippen molar-refractivity contribution in [2.24, 2.45) is 0 Å². The van der Waals surface area contributed by atoms with E-state index < -0.39 is 0 Å². The van der Waals surface area contributed by atoms with Crippen LogP contribution in [-0.4, -0.2) is 12.0 Å². The third-order valence-corrected chi connectivity index (χ3v) is 3.14. The summed E-state index contributed by atoms with van der Waals surface area (Å²) in [7, 11) is 0. The molecule has 0 amide bonds. The van der Waals surface area contributed by atoms with Gasteiger partial charge >= 0.3 is 0 Å². The van der Waals surface area contributed by atoms with Crippen LogP contribution in [0.1, 0.15) is 11.1 Å². The molecule has 1 nitrogen and oxygen atoms in total. The maximum Gasteiger partial charge on any atom is 0.0517 e.